The lowest BCUT2D eigenvalue weighted by Gasteiger charge is -2.40. The molecule has 0 aliphatic carbocycles. The number of alkyl halides is 2. The first kappa shape index (κ1) is 8.62. The van der Waals surface area contributed by atoms with Gasteiger partial charge in [-0.3, -0.25) is 0 Å². The lowest BCUT2D eigenvalue weighted by Crippen LogP contribution is -2.56. The van der Waals surface area contributed by atoms with Crippen LogP contribution in [0.15, 0.2) is 12.3 Å². The van der Waals surface area contributed by atoms with Crippen molar-refractivity contribution in [2.45, 2.75) is 5.92 Å². The monoisotopic (exact) mass is 205 g/mol. The van der Waals surface area contributed by atoms with E-state index in [0.717, 1.165) is 0 Å². The van der Waals surface area contributed by atoms with Gasteiger partial charge in [0.05, 0.1) is 25.0 Å². The summed E-state index contributed by atoms with van der Waals surface area (Å²) in [7, 11) is 0. The second kappa shape index (κ2) is 2.77. The minimum Gasteiger partial charge on any atom is -0.358 e. The molecule has 0 bridgehead atoms. The highest BCUT2D eigenvalue weighted by Gasteiger charge is 2.44. The molecular weight excluding hydrogens is 200 g/mol. The maximum atomic E-state index is 12.5. The summed E-state index contributed by atoms with van der Waals surface area (Å²) >= 11 is 5.55. The number of anilines is 1. The summed E-state index contributed by atoms with van der Waals surface area (Å²) in [5.74, 6) is -2.57. The summed E-state index contributed by atoms with van der Waals surface area (Å²) in [4.78, 5) is 1.50. The van der Waals surface area contributed by atoms with Crippen molar-refractivity contribution in [3.8, 4) is 0 Å². The van der Waals surface area contributed by atoms with Crippen LogP contribution >= 0.6 is 11.6 Å². The number of halogens is 3. The molecule has 1 aromatic rings. The molecule has 70 valence electrons. The van der Waals surface area contributed by atoms with Crippen molar-refractivity contribution in [2.24, 2.45) is 0 Å². The molecule has 1 saturated heterocycles. The van der Waals surface area contributed by atoms with Gasteiger partial charge in [-0.2, -0.15) is 5.10 Å². The predicted octanol–water partition coefficient (Wildman–Crippen LogP) is 1.59. The molecule has 0 radical (unpaired) electrons. The third kappa shape index (κ3) is 1.70. The molecule has 13 heavy (non-hydrogen) atoms. The number of aromatic nitrogens is 2. The topological polar surface area (TPSA) is 29.0 Å². The molecule has 2 heterocycles. The van der Waals surface area contributed by atoms with Gasteiger partial charge in [0.1, 0.15) is 0 Å². The fraction of sp³-hybridized carbons (Fsp3) is 0.429. The van der Waals surface area contributed by atoms with Crippen LogP contribution in [0.3, 0.4) is 0 Å². The number of nitrogens with zero attached hydrogens (tertiary/aromatic N) is 3. The van der Waals surface area contributed by atoms with Crippen molar-refractivity contribution in [2.75, 3.05) is 18.0 Å². The lowest BCUT2D eigenvalue weighted by atomic mass is 10.1. The average Bonchev–Trinajstić information content (AvgIpc) is 2.00. The standard InChI is InChI=1S/C7H6ClF2N3/c8-6-1-5(2-11-12-6)13-3-7(9,10)4-13/h1-2H,3-4H2. The van der Waals surface area contributed by atoms with Gasteiger partial charge in [0, 0.05) is 6.07 Å². The smallest absolute Gasteiger partial charge is 0.282 e. The molecule has 0 spiro atoms. The summed E-state index contributed by atoms with van der Waals surface area (Å²) in [5.41, 5.74) is 0.589. The molecule has 0 N–H and O–H groups in total. The van der Waals surface area contributed by atoms with E-state index >= 15 is 0 Å². The van der Waals surface area contributed by atoms with E-state index in [1.54, 1.807) is 0 Å². The van der Waals surface area contributed by atoms with Crippen LogP contribution in [-0.4, -0.2) is 29.2 Å². The first-order valence-corrected chi connectivity index (χ1v) is 4.06. The molecule has 0 aromatic carbocycles. The van der Waals surface area contributed by atoms with Crippen LogP contribution in [0.2, 0.25) is 5.15 Å². The second-order valence-corrected chi connectivity index (χ2v) is 3.34. The number of hydrogen-bond donors (Lipinski definition) is 0. The van der Waals surface area contributed by atoms with Gasteiger partial charge in [-0.1, -0.05) is 11.6 Å². The predicted molar refractivity (Wildman–Crippen MR) is 44.2 cm³/mol. The van der Waals surface area contributed by atoms with Crippen molar-refractivity contribution < 1.29 is 8.78 Å². The quantitative estimate of drug-likeness (QED) is 0.697. The molecule has 1 fully saturated rings. The summed E-state index contributed by atoms with van der Waals surface area (Å²) in [5, 5.41) is 7.30. The number of hydrogen-bond acceptors (Lipinski definition) is 3. The third-order valence-electron chi connectivity index (χ3n) is 1.82. The van der Waals surface area contributed by atoms with Gasteiger partial charge in [-0.05, 0) is 0 Å². The summed E-state index contributed by atoms with van der Waals surface area (Å²) in [6.45, 7) is -0.538. The highest BCUT2D eigenvalue weighted by molar-refractivity contribution is 6.29. The average molecular weight is 206 g/mol. The van der Waals surface area contributed by atoms with E-state index in [1.807, 2.05) is 0 Å². The van der Waals surface area contributed by atoms with Gasteiger partial charge in [-0.15, -0.1) is 5.10 Å². The van der Waals surface area contributed by atoms with Crippen molar-refractivity contribution in [1.82, 2.24) is 10.2 Å². The molecule has 0 atom stereocenters. The first-order chi connectivity index (χ1) is 6.07. The fourth-order valence-electron chi connectivity index (χ4n) is 1.20. The lowest BCUT2D eigenvalue weighted by molar-refractivity contribution is -0.0263. The van der Waals surface area contributed by atoms with Gasteiger partial charge in [-0.25, -0.2) is 8.78 Å². The molecule has 1 aromatic heterocycles. The third-order valence-corrected chi connectivity index (χ3v) is 2.00. The van der Waals surface area contributed by atoms with Crippen LogP contribution in [0, 0.1) is 0 Å². The van der Waals surface area contributed by atoms with E-state index in [-0.39, 0.29) is 18.2 Å². The summed E-state index contributed by atoms with van der Waals surface area (Å²) < 4.78 is 24.9. The van der Waals surface area contributed by atoms with Crippen LogP contribution in [0.25, 0.3) is 0 Å². The Labute approximate surface area is 78.3 Å². The van der Waals surface area contributed by atoms with Crippen LogP contribution in [0.5, 0.6) is 0 Å². The molecule has 1 aliphatic heterocycles. The molecular formula is C7H6ClF2N3. The summed E-state index contributed by atoms with van der Waals surface area (Å²) in [6, 6.07) is 1.52. The van der Waals surface area contributed by atoms with Crippen molar-refractivity contribution in [3.63, 3.8) is 0 Å². The Balaban J connectivity index is 2.11. The Kier molecular flexibility index (Phi) is 1.83. The fourth-order valence-corrected chi connectivity index (χ4v) is 1.35. The van der Waals surface area contributed by atoms with Crippen LogP contribution in [0.1, 0.15) is 0 Å². The molecule has 0 unspecified atom stereocenters. The van der Waals surface area contributed by atoms with E-state index in [0.29, 0.717) is 5.69 Å². The Bertz CT molecular complexity index is 323. The van der Waals surface area contributed by atoms with E-state index in [4.69, 9.17) is 11.6 Å². The molecule has 0 saturated carbocycles. The first-order valence-electron chi connectivity index (χ1n) is 3.68. The summed E-state index contributed by atoms with van der Waals surface area (Å²) in [6.07, 6.45) is 1.42. The minimum atomic E-state index is -2.57. The maximum Gasteiger partial charge on any atom is 0.282 e. The van der Waals surface area contributed by atoms with Crippen molar-refractivity contribution in [3.05, 3.63) is 17.4 Å². The molecule has 0 amide bonds. The zero-order chi connectivity index (χ0) is 9.47. The van der Waals surface area contributed by atoms with Gasteiger partial charge in [0.25, 0.3) is 5.92 Å². The van der Waals surface area contributed by atoms with Gasteiger partial charge in [0.2, 0.25) is 0 Å². The number of rotatable bonds is 1. The highest BCUT2D eigenvalue weighted by atomic mass is 35.5. The Morgan fingerprint density at radius 3 is 2.69 bits per heavy atom. The molecule has 1 aliphatic rings. The van der Waals surface area contributed by atoms with Crippen molar-refractivity contribution >= 4 is 17.3 Å². The Morgan fingerprint density at radius 2 is 2.15 bits per heavy atom. The van der Waals surface area contributed by atoms with Gasteiger partial charge in [0.15, 0.2) is 5.15 Å². The van der Waals surface area contributed by atoms with E-state index < -0.39 is 5.92 Å². The van der Waals surface area contributed by atoms with E-state index in [9.17, 15) is 8.78 Å². The largest absolute Gasteiger partial charge is 0.358 e. The molecule has 3 nitrogen and oxygen atoms in total. The van der Waals surface area contributed by atoms with Crippen LogP contribution in [0.4, 0.5) is 14.5 Å². The van der Waals surface area contributed by atoms with Gasteiger partial charge < -0.3 is 4.90 Å². The zero-order valence-corrected chi connectivity index (χ0v) is 7.30. The van der Waals surface area contributed by atoms with E-state index in [1.165, 1.54) is 17.2 Å². The molecule has 6 heteroatoms. The Hall–Kier alpha value is -0.970. The SMILES string of the molecule is FC1(F)CN(c2cnnc(Cl)c2)C1. The normalized spacial score (nSPS) is 19.8. The van der Waals surface area contributed by atoms with Gasteiger partial charge >= 0.3 is 0 Å². The van der Waals surface area contributed by atoms with Crippen molar-refractivity contribution in [1.29, 1.82) is 0 Å². The van der Waals surface area contributed by atoms with Crippen LogP contribution in [-0.2, 0) is 0 Å². The van der Waals surface area contributed by atoms with Crippen LogP contribution < -0.4 is 4.90 Å². The van der Waals surface area contributed by atoms with E-state index in [2.05, 4.69) is 10.2 Å². The Morgan fingerprint density at radius 1 is 1.46 bits per heavy atom. The minimum absolute atomic E-state index is 0.215. The molecule has 2 rings (SSSR count). The second-order valence-electron chi connectivity index (χ2n) is 2.95. The maximum absolute atomic E-state index is 12.5. The highest BCUT2D eigenvalue weighted by Crippen LogP contribution is 2.31. The zero-order valence-electron chi connectivity index (χ0n) is 6.54.